The summed E-state index contributed by atoms with van der Waals surface area (Å²) in [5, 5.41) is 14.1. The van der Waals surface area contributed by atoms with Crippen molar-refractivity contribution in [3.63, 3.8) is 0 Å². The second-order valence-electron chi connectivity index (χ2n) is 6.20. The zero-order chi connectivity index (χ0) is 19.4. The van der Waals surface area contributed by atoms with Gasteiger partial charge in [0.15, 0.2) is 0 Å². The molecule has 0 aliphatic carbocycles. The van der Waals surface area contributed by atoms with Crippen LogP contribution in [-0.2, 0) is 17.5 Å². The highest BCUT2D eigenvalue weighted by Gasteiger charge is 2.33. The van der Waals surface area contributed by atoms with Gasteiger partial charge in [-0.25, -0.2) is 0 Å². The van der Waals surface area contributed by atoms with Crippen LogP contribution in [-0.4, -0.2) is 36.1 Å². The lowest BCUT2D eigenvalue weighted by atomic mass is 10.1. The number of nitro groups is 1. The first-order chi connectivity index (χ1) is 12.8. The number of rotatable bonds is 5. The average Bonchev–Trinajstić information content (AvgIpc) is 2.62. The SMILES string of the molecule is O=[N+]([O-])c1cc(C(F)(F)F)ccc1Nc1cccc(CN2CCOCC2)c1. The van der Waals surface area contributed by atoms with E-state index in [-0.39, 0.29) is 5.69 Å². The molecule has 1 heterocycles. The van der Waals surface area contributed by atoms with E-state index in [9.17, 15) is 23.3 Å². The maximum atomic E-state index is 12.8. The summed E-state index contributed by atoms with van der Waals surface area (Å²) in [6.45, 7) is 3.70. The van der Waals surface area contributed by atoms with Crippen LogP contribution in [0.4, 0.5) is 30.2 Å². The summed E-state index contributed by atoms with van der Waals surface area (Å²) < 4.78 is 43.7. The number of nitrogens with one attached hydrogen (secondary N) is 1. The first-order valence-corrected chi connectivity index (χ1v) is 8.34. The molecule has 0 spiro atoms. The maximum absolute atomic E-state index is 12.8. The third-order valence-electron chi connectivity index (χ3n) is 4.24. The van der Waals surface area contributed by atoms with Crippen LogP contribution in [0.1, 0.15) is 11.1 Å². The van der Waals surface area contributed by atoms with E-state index in [0.29, 0.717) is 31.5 Å². The molecule has 0 bridgehead atoms. The fraction of sp³-hybridized carbons (Fsp3) is 0.333. The number of benzene rings is 2. The van der Waals surface area contributed by atoms with Crippen LogP contribution in [0.15, 0.2) is 42.5 Å². The third kappa shape index (κ3) is 4.95. The molecule has 6 nitrogen and oxygen atoms in total. The summed E-state index contributed by atoms with van der Waals surface area (Å²) in [5.41, 5.74) is -0.0965. The topological polar surface area (TPSA) is 67.6 Å². The number of anilines is 2. The van der Waals surface area contributed by atoms with E-state index in [2.05, 4.69) is 10.2 Å². The van der Waals surface area contributed by atoms with Crippen molar-refractivity contribution in [2.45, 2.75) is 12.7 Å². The Bertz CT molecular complexity index is 821. The number of nitrogens with zero attached hydrogens (tertiary/aromatic N) is 2. The Kier molecular flexibility index (Phi) is 5.62. The largest absolute Gasteiger partial charge is 0.416 e. The molecule has 144 valence electrons. The molecule has 0 saturated carbocycles. The molecule has 0 radical (unpaired) electrons. The van der Waals surface area contributed by atoms with Gasteiger partial charge >= 0.3 is 6.18 Å². The Morgan fingerprint density at radius 1 is 1.15 bits per heavy atom. The van der Waals surface area contributed by atoms with Gasteiger partial charge in [0.05, 0.1) is 23.7 Å². The summed E-state index contributed by atoms with van der Waals surface area (Å²) in [6, 6.07) is 9.72. The Balaban J connectivity index is 1.80. The minimum atomic E-state index is -4.64. The summed E-state index contributed by atoms with van der Waals surface area (Å²) in [5.74, 6) is 0. The number of hydrogen-bond donors (Lipinski definition) is 1. The lowest BCUT2D eigenvalue weighted by Gasteiger charge is -2.26. The van der Waals surface area contributed by atoms with Gasteiger partial charge in [-0.15, -0.1) is 0 Å². The molecule has 1 fully saturated rings. The van der Waals surface area contributed by atoms with Crippen molar-refractivity contribution in [1.29, 1.82) is 0 Å². The summed E-state index contributed by atoms with van der Waals surface area (Å²) in [4.78, 5) is 12.6. The number of alkyl halides is 3. The van der Waals surface area contributed by atoms with E-state index in [1.807, 2.05) is 12.1 Å². The van der Waals surface area contributed by atoms with Crippen molar-refractivity contribution in [1.82, 2.24) is 4.90 Å². The minimum Gasteiger partial charge on any atom is -0.379 e. The minimum absolute atomic E-state index is 0.0107. The van der Waals surface area contributed by atoms with Crippen LogP contribution in [0.5, 0.6) is 0 Å². The lowest BCUT2D eigenvalue weighted by Crippen LogP contribution is -2.35. The van der Waals surface area contributed by atoms with Crippen LogP contribution >= 0.6 is 0 Å². The summed E-state index contributed by atoms with van der Waals surface area (Å²) in [7, 11) is 0. The fourth-order valence-electron chi connectivity index (χ4n) is 2.89. The van der Waals surface area contributed by atoms with Crippen LogP contribution < -0.4 is 5.32 Å². The van der Waals surface area contributed by atoms with E-state index < -0.39 is 22.4 Å². The summed E-state index contributed by atoms with van der Waals surface area (Å²) in [6.07, 6.45) is -4.64. The molecule has 1 N–H and O–H groups in total. The van der Waals surface area contributed by atoms with Gasteiger partial charge in [0.2, 0.25) is 0 Å². The molecule has 0 aromatic heterocycles. The van der Waals surface area contributed by atoms with Crippen molar-refractivity contribution in [2.75, 3.05) is 31.6 Å². The Morgan fingerprint density at radius 3 is 2.56 bits per heavy atom. The first kappa shape index (κ1) is 19.1. The van der Waals surface area contributed by atoms with Gasteiger partial charge < -0.3 is 10.1 Å². The monoisotopic (exact) mass is 381 g/mol. The fourth-order valence-corrected chi connectivity index (χ4v) is 2.89. The summed E-state index contributed by atoms with van der Waals surface area (Å²) >= 11 is 0. The smallest absolute Gasteiger partial charge is 0.379 e. The van der Waals surface area contributed by atoms with Crippen molar-refractivity contribution in [3.8, 4) is 0 Å². The molecular weight excluding hydrogens is 363 g/mol. The molecule has 2 aromatic rings. The van der Waals surface area contributed by atoms with E-state index in [1.165, 1.54) is 0 Å². The molecule has 0 unspecified atom stereocenters. The average molecular weight is 381 g/mol. The van der Waals surface area contributed by atoms with E-state index in [4.69, 9.17) is 4.74 Å². The standard InChI is InChI=1S/C18H18F3N3O3/c19-18(20,21)14-4-5-16(17(11-14)24(25)26)22-15-3-1-2-13(10-15)12-23-6-8-27-9-7-23/h1-5,10-11,22H,6-9,12H2. The predicted octanol–water partition coefficient (Wildman–Crippen LogP) is 4.19. The molecule has 1 aliphatic heterocycles. The van der Waals surface area contributed by atoms with Crippen LogP contribution in [0.3, 0.4) is 0 Å². The second kappa shape index (κ2) is 7.93. The van der Waals surface area contributed by atoms with E-state index in [0.717, 1.165) is 30.8 Å². The highest BCUT2D eigenvalue weighted by Crippen LogP contribution is 2.36. The molecule has 27 heavy (non-hydrogen) atoms. The van der Waals surface area contributed by atoms with E-state index >= 15 is 0 Å². The molecule has 9 heteroatoms. The van der Waals surface area contributed by atoms with Crippen LogP contribution in [0, 0.1) is 10.1 Å². The Labute approximate surface area is 153 Å². The molecule has 1 aliphatic rings. The lowest BCUT2D eigenvalue weighted by molar-refractivity contribution is -0.384. The molecular formula is C18H18F3N3O3. The van der Waals surface area contributed by atoms with Gasteiger partial charge in [-0.2, -0.15) is 13.2 Å². The van der Waals surface area contributed by atoms with Gasteiger partial charge in [-0.3, -0.25) is 15.0 Å². The zero-order valence-corrected chi connectivity index (χ0v) is 14.3. The van der Waals surface area contributed by atoms with Crippen molar-refractivity contribution < 1.29 is 22.8 Å². The van der Waals surface area contributed by atoms with Gasteiger partial charge in [-0.1, -0.05) is 12.1 Å². The number of hydrogen-bond acceptors (Lipinski definition) is 5. The maximum Gasteiger partial charge on any atom is 0.416 e. The highest BCUT2D eigenvalue weighted by molar-refractivity contribution is 5.70. The van der Waals surface area contributed by atoms with Gasteiger partial charge in [0.1, 0.15) is 5.69 Å². The number of nitro benzene ring substituents is 1. The van der Waals surface area contributed by atoms with Crippen LogP contribution in [0.25, 0.3) is 0 Å². The van der Waals surface area contributed by atoms with Gasteiger partial charge in [0.25, 0.3) is 5.69 Å². The number of morpholine rings is 1. The Hall–Kier alpha value is -2.65. The van der Waals surface area contributed by atoms with Gasteiger partial charge in [-0.05, 0) is 29.8 Å². The predicted molar refractivity (Wildman–Crippen MR) is 93.9 cm³/mol. The van der Waals surface area contributed by atoms with Crippen molar-refractivity contribution >= 4 is 17.1 Å². The third-order valence-corrected chi connectivity index (χ3v) is 4.24. The molecule has 0 amide bonds. The Morgan fingerprint density at radius 2 is 1.89 bits per heavy atom. The number of ether oxygens (including phenoxy) is 1. The second-order valence-corrected chi connectivity index (χ2v) is 6.20. The first-order valence-electron chi connectivity index (χ1n) is 8.34. The molecule has 1 saturated heterocycles. The van der Waals surface area contributed by atoms with Crippen LogP contribution in [0.2, 0.25) is 0 Å². The normalized spacial score (nSPS) is 15.5. The van der Waals surface area contributed by atoms with Crippen molar-refractivity contribution in [2.24, 2.45) is 0 Å². The van der Waals surface area contributed by atoms with Gasteiger partial charge in [0, 0.05) is 31.4 Å². The zero-order valence-electron chi connectivity index (χ0n) is 14.3. The van der Waals surface area contributed by atoms with E-state index in [1.54, 1.807) is 12.1 Å². The molecule has 0 atom stereocenters. The van der Waals surface area contributed by atoms with Crippen molar-refractivity contribution in [3.05, 3.63) is 63.7 Å². The molecule has 2 aromatic carbocycles. The molecule has 3 rings (SSSR count). The number of halogens is 3. The quantitative estimate of drug-likeness (QED) is 0.621. The highest BCUT2D eigenvalue weighted by atomic mass is 19.4.